The fourth-order valence-electron chi connectivity index (χ4n) is 3.40. The summed E-state index contributed by atoms with van der Waals surface area (Å²) in [5.41, 5.74) is 1.65. The molecule has 5 nitrogen and oxygen atoms in total. The van der Waals surface area contributed by atoms with Crippen molar-refractivity contribution < 1.29 is 19.0 Å². The fourth-order valence-corrected chi connectivity index (χ4v) is 3.40. The maximum absolute atomic E-state index is 12.6. The summed E-state index contributed by atoms with van der Waals surface area (Å²) in [5, 5.41) is 3.11. The zero-order valence-electron chi connectivity index (χ0n) is 14.6. The molecule has 1 amide bonds. The summed E-state index contributed by atoms with van der Waals surface area (Å²) in [6.07, 6.45) is 3.10. The van der Waals surface area contributed by atoms with E-state index in [9.17, 15) is 4.79 Å². The first-order chi connectivity index (χ1) is 12.8. The van der Waals surface area contributed by atoms with Crippen molar-refractivity contribution in [3.05, 3.63) is 59.7 Å². The molecule has 2 aliphatic heterocycles. The molecule has 0 aliphatic carbocycles. The van der Waals surface area contributed by atoms with E-state index in [0.29, 0.717) is 18.8 Å². The van der Waals surface area contributed by atoms with Gasteiger partial charge in [0.05, 0.1) is 18.8 Å². The predicted molar refractivity (Wildman–Crippen MR) is 97.7 cm³/mol. The Morgan fingerprint density at radius 1 is 1.08 bits per heavy atom. The SMILES string of the molecule is O=C(N[C@H]1CCOc2ccccc21)c1ccc(OC[C@@H]2CCCO2)cc1. The molecule has 26 heavy (non-hydrogen) atoms. The number of rotatable bonds is 5. The second-order valence-electron chi connectivity index (χ2n) is 6.67. The summed E-state index contributed by atoms with van der Waals surface area (Å²) >= 11 is 0. The zero-order chi connectivity index (χ0) is 17.8. The molecule has 1 saturated heterocycles. The van der Waals surface area contributed by atoms with Crippen molar-refractivity contribution >= 4 is 5.91 Å². The minimum absolute atomic E-state index is 0.0251. The molecule has 0 unspecified atom stereocenters. The van der Waals surface area contributed by atoms with Crippen LogP contribution < -0.4 is 14.8 Å². The highest BCUT2D eigenvalue weighted by atomic mass is 16.5. The number of hydrogen-bond acceptors (Lipinski definition) is 4. The molecular weight excluding hydrogens is 330 g/mol. The molecule has 0 aromatic heterocycles. The van der Waals surface area contributed by atoms with Crippen LogP contribution in [-0.2, 0) is 4.74 Å². The van der Waals surface area contributed by atoms with Crippen molar-refractivity contribution in [1.29, 1.82) is 0 Å². The van der Waals surface area contributed by atoms with E-state index in [2.05, 4.69) is 5.32 Å². The maximum Gasteiger partial charge on any atom is 0.251 e. The van der Waals surface area contributed by atoms with Gasteiger partial charge in [-0.3, -0.25) is 4.79 Å². The van der Waals surface area contributed by atoms with Crippen LogP contribution in [0.5, 0.6) is 11.5 Å². The van der Waals surface area contributed by atoms with Crippen LogP contribution >= 0.6 is 0 Å². The predicted octanol–water partition coefficient (Wildman–Crippen LogP) is 3.50. The van der Waals surface area contributed by atoms with Crippen LogP contribution in [0.4, 0.5) is 0 Å². The van der Waals surface area contributed by atoms with E-state index < -0.39 is 0 Å². The number of fused-ring (bicyclic) bond motifs is 1. The first kappa shape index (κ1) is 16.9. The molecule has 1 fully saturated rings. The minimum atomic E-state index is -0.0858. The van der Waals surface area contributed by atoms with Gasteiger partial charge in [0, 0.05) is 24.2 Å². The van der Waals surface area contributed by atoms with Crippen LogP contribution in [0.1, 0.15) is 41.2 Å². The molecule has 136 valence electrons. The molecule has 1 N–H and O–H groups in total. The lowest BCUT2D eigenvalue weighted by Gasteiger charge is -2.26. The molecule has 2 aromatic carbocycles. The number of carbonyl (C=O) groups excluding carboxylic acids is 1. The Kier molecular flexibility index (Phi) is 5.07. The molecule has 0 radical (unpaired) electrons. The number of para-hydroxylation sites is 1. The molecule has 2 heterocycles. The Labute approximate surface area is 153 Å². The Hall–Kier alpha value is -2.53. The Bertz CT molecular complexity index is 753. The van der Waals surface area contributed by atoms with Crippen LogP contribution in [0, 0.1) is 0 Å². The fraction of sp³-hybridized carbons (Fsp3) is 0.381. The van der Waals surface area contributed by atoms with Gasteiger partial charge in [-0.15, -0.1) is 0 Å². The third-order valence-electron chi connectivity index (χ3n) is 4.84. The highest BCUT2D eigenvalue weighted by molar-refractivity contribution is 5.94. The molecular formula is C21H23NO4. The normalized spacial score (nSPS) is 21.5. The number of ether oxygens (including phenoxy) is 3. The monoisotopic (exact) mass is 353 g/mol. The lowest BCUT2D eigenvalue weighted by atomic mass is 10.00. The summed E-state index contributed by atoms with van der Waals surface area (Å²) in [6, 6.07) is 15.1. The van der Waals surface area contributed by atoms with Gasteiger partial charge in [0.25, 0.3) is 5.91 Å². The molecule has 2 atom stereocenters. The van der Waals surface area contributed by atoms with Gasteiger partial charge in [-0.2, -0.15) is 0 Å². The van der Waals surface area contributed by atoms with Crippen LogP contribution in [0.3, 0.4) is 0 Å². The molecule has 5 heteroatoms. The summed E-state index contributed by atoms with van der Waals surface area (Å²) < 4.78 is 16.9. The number of hydrogen-bond donors (Lipinski definition) is 1. The first-order valence-corrected chi connectivity index (χ1v) is 9.16. The van der Waals surface area contributed by atoms with Gasteiger partial charge in [0.15, 0.2) is 0 Å². The Morgan fingerprint density at radius 3 is 2.73 bits per heavy atom. The molecule has 4 rings (SSSR count). The lowest BCUT2D eigenvalue weighted by molar-refractivity contribution is 0.0679. The first-order valence-electron chi connectivity index (χ1n) is 9.16. The van der Waals surface area contributed by atoms with Gasteiger partial charge in [-0.1, -0.05) is 18.2 Å². The lowest BCUT2D eigenvalue weighted by Crippen LogP contribution is -2.32. The molecule has 0 saturated carbocycles. The van der Waals surface area contributed by atoms with Gasteiger partial charge < -0.3 is 19.5 Å². The standard InChI is InChI=1S/C21H23NO4/c23-21(22-19-11-13-25-20-6-2-1-5-18(19)20)15-7-9-16(10-8-15)26-14-17-4-3-12-24-17/h1-2,5-10,17,19H,3-4,11-14H2,(H,22,23)/t17-,19-/m0/s1. The summed E-state index contributed by atoms with van der Waals surface area (Å²) in [4.78, 5) is 12.6. The van der Waals surface area contributed by atoms with E-state index in [-0.39, 0.29) is 18.1 Å². The van der Waals surface area contributed by atoms with Gasteiger partial charge in [-0.05, 0) is 43.2 Å². The third-order valence-corrected chi connectivity index (χ3v) is 4.84. The maximum atomic E-state index is 12.6. The van der Waals surface area contributed by atoms with E-state index in [1.54, 1.807) is 12.1 Å². The van der Waals surface area contributed by atoms with Crippen LogP contribution in [0.2, 0.25) is 0 Å². The van der Waals surface area contributed by atoms with E-state index in [4.69, 9.17) is 14.2 Å². The zero-order valence-corrected chi connectivity index (χ0v) is 14.6. The van der Waals surface area contributed by atoms with Crippen LogP contribution in [0.15, 0.2) is 48.5 Å². The van der Waals surface area contributed by atoms with Crippen molar-refractivity contribution in [2.75, 3.05) is 19.8 Å². The Balaban J connectivity index is 1.36. The van der Waals surface area contributed by atoms with Crippen LogP contribution in [-0.4, -0.2) is 31.8 Å². The van der Waals surface area contributed by atoms with E-state index in [1.807, 2.05) is 36.4 Å². The van der Waals surface area contributed by atoms with Crippen molar-refractivity contribution in [2.45, 2.75) is 31.4 Å². The highest BCUT2D eigenvalue weighted by Gasteiger charge is 2.23. The topological polar surface area (TPSA) is 56.8 Å². The molecule has 2 aromatic rings. The molecule has 0 bridgehead atoms. The van der Waals surface area contributed by atoms with Gasteiger partial charge >= 0.3 is 0 Å². The number of carbonyl (C=O) groups is 1. The van der Waals surface area contributed by atoms with Crippen LogP contribution in [0.25, 0.3) is 0 Å². The number of benzene rings is 2. The number of nitrogens with one attached hydrogen (secondary N) is 1. The number of amides is 1. The summed E-state index contributed by atoms with van der Waals surface area (Å²) in [7, 11) is 0. The van der Waals surface area contributed by atoms with E-state index >= 15 is 0 Å². The van der Waals surface area contributed by atoms with Crippen molar-refractivity contribution in [2.24, 2.45) is 0 Å². The summed E-state index contributed by atoms with van der Waals surface area (Å²) in [5.74, 6) is 1.52. The summed E-state index contributed by atoms with van der Waals surface area (Å²) in [6.45, 7) is 1.99. The highest BCUT2D eigenvalue weighted by Crippen LogP contribution is 2.31. The average molecular weight is 353 g/mol. The minimum Gasteiger partial charge on any atom is -0.493 e. The smallest absolute Gasteiger partial charge is 0.251 e. The molecule has 2 aliphatic rings. The largest absolute Gasteiger partial charge is 0.493 e. The quantitative estimate of drug-likeness (QED) is 0.894. The third kappa shape index (κ3) is 3.83. The Morgan fingerprint density at radius 2 is 1.92 bits per heavy atom. The van der Waals surface area contributed by atoms with Crippen molar-refractivity contribution in [1.82, 2.24) is 5.32 Å². The van der Waals surface area contributed by atoms with Gasteiger partial charge in [-0.25, -0.2) is 0 Å². The van der Waals surface area contributed by atoms with E-state index in [0.717, 1.165) is 42.9 Å². The van der Waals surface area contributed by atoms with E-state index in [1.165, 1.54) is 0 Å². The molecule has 0 spiro atoms. The second-order valence-corrected chi connectivity index (χ2v) is 6.67. The van der Waals surface area contributed by atoms with Crippen molar-refractivity contribution in [3.8, 4) is 11.5 Å². The average Bonchev–Trinajstić information content (AvgIpc) is 3.21. The van der Waals surface area contributed by atoms with Gasteiger partial charge in [0.2, 0.25) is 0 Å². The second kappa shape index (κ2) is 7.79. The van der Waals surface area contributed by atoms with Gasteiger partial charge in [0.1, 0.15) is 18.1 Å². The van der Waals surface area contributed by atoms with Crippen molar-refractivity contribution in [3.63, 3.8) is 0 Å².